The van der Waals surface area contributed by atoms with Gasteiger partial charge >= 0.3 is 0 Å². The Morgan fingerprint density at radius 2 is 1.26 bits per heavy atom. The minimum atomic E-state index is -1.06. The number of anilines is 1. The van der Waals surface area contributed by atoms with Crippen LogP contribution in [0.2, 0.25) is 0 Å². The molecule has 0 saturated carbocycles. The van der Waals surface area contributed by atoms with Gasteiger partial charge in [0.25, 0.3) is 5.91 Å². The van der Waals surface area contributed by atoms with E-state index in [0.29, 0.717) is 29.2 Å². The average Bonchev–Trinajstić information content (AvgIpc) is 3.44. The van der Waals surface area contributed by atoms with Crippen LogP contribution in [0.25, 0.3) is 0 Å². The topological polar surface area (TPSA) is 134 Å². The Hall–Kier alpha value is -7.39. The predicted molar refractivity (Wildman–Crippen MR) is 185 cm³/mol. The smallest absolute Gasteiger partial charge is 0.260 e. The first kappa shape index (κ1) is 31.2. The van der Waals surface area contributed by atoms with Gasteiger partial charge in [-0.05, 0) is 89.5 Å². The minimum Gasteiger partial charge on any atom is -0.486 e. The second kappa shape index (κ2) is 13.0. The number of hydrogen-bond donors (Lipinski definition) is 0. The van der Waals surface area contributed by atoms with E-state index >= 15 is 0 Å². The molecule has 7 rings (SSSR count). The summed E-state index contributed by atoms with van der Waals surface area (Å²) in [5, 5.41) is 37.6. The molecule has 0 fully saturated rings. The number of rotatable bonds is 7. The largest absolute Gasteiger partial charge is 0.486 e. The Labute approximate surface area is 288 Å². The van der Waals surface area contributed by atoms with Crippen molar-refractivity contribution in [3.8, 4) is 41.5 Å². The lowest BCUT2D eigenvalue weighted by atomic mass is 9.74. The molecule has 1 amide bonds. The molecule has 2 aliphatic rings. The van der Waals surface area contributed by atoms with Crippen molar-refractivity contribution in [1.82, 2.24) is 0 Å². The molecule has 0 radical (unpaired) electrons. The molecular formula is C42H25N5O3. The van der Waals surface area contributed by atoms with Crippen molar-refractivity contribution in [2.45, 2.75) is 18.1 Å². The highest BCUT2D eigenvalue weighted by Gasteiger charge is 2.53. The molecule has 1 aliphatic carbocycles. The van der Waals surface area contributed by atoms with E-state index in [1.54, 1.807) is 30.3 Å². The Morgan fingerprint density at radius 3 is 1.90 bits per heavy atom. The summed E-state index contributed by atoms with van der Waals surface area (Å²) in [4.78, 5) is 16.2. The summed E-state index contributed by atoms with van der Waals surface area (Å²) in [5.41, 5.74) is 3.82. The van der Waals surface area contributed by atoms with E-state index in [2.05, 4.69) is 6.08 Å². The van der Waals surface area contributed by atoms with E-state index in [0.717, 1.165) is 22.4 Å². The van der Waals surface area contributed by atoms with Gasteiger partial charge in [0.05, 0.1) is 22.3 Å². The van der Waals surface area contributed by atoms with Crippen LogP contribution in [0.15, 0.2) is 139 Å². The molecule has 1 heterocycles. The Morgan fingerprint density at radius 1 is 0.660 bits per heavy atom. The van der Waals surface area contributed by atoms with Gasteiger partial charge in [0.15, 0.2) is 0 Å². The molecule has 236 valence electrons. The summed E-state index contributed by atoms with van der Waals surface area (Å²) in [6.45, 7) is 0. The maximum absolute atomic E-state index is 14.4. The molecule has 5 aromatic rings. The molecule has 2 unspecified atom stereocenters. The molecule has 0 saturated heterocycles. The number of benzene rings is 5. The average molecular weight is 648 g/mol. The third-order valence-corrected chi connectivity index (χ3v) is 8.84. The SMILES string of the molecule is N#Cc1ccc(Oc2ccc(C3(C4=CCC(Oc5ccc(C#N)c(C#N)c5)C=C4)c4ccccc4C(=O)N3c3ccccc3)cc2)cc1C#N. The lowest BCUT2D eigenvalue weighted by molar-refractivity contribution is 0.0986. The predicted octanol–water partition coefficient (Wildman–Crippen LogP) is 8.20. The van der Waals surface area contributed by atoms with E-state index in [9.17, 15) is 25.8 Å². The molecule has 0 N–H and O–H groups in total. The van der Waals surface area contributed by atoms with Gasteiger partial charge in [-0.15, -0.1) is 0 Å². The van der Waals surface area contributed by atoms with Gasteiger partial charge in [-0.3, -0.25) is 9.69 Å². The summed E-state index contributed by atoms with van der Waals surface area (Å²) in [5.74, 6) is 1.28. The van der Waals surface area contributed by atoms with Crippen molar-refractivity contribution in [2.24, 2.45) is 0 Å². The highest BCUT2D eigenvalue weighted by molar-refractivity contribution is 6.14. The molecule has 0 aromatic heterocycles. The molecule has 50 heavy (non-hydrogen) atoms. The number of hydrogen-bond acceptors (Lipinski definition) is 7. The third-order valence-electron chi connectivity index (χ3n) is 8.84. The molecule has 2 atom stereocenters. The van der Waals surface area contributed by atoms with E-state index in [1.807, 2.05) is 120 Å². The van der Waals surface area contributed by atoms with Crippen LogP contribution in [0.4, 0.5) is 5.69 Å². The zero-order valence-electron chi connectivity index (χ0n) is 26.4. The Bertz CT molecular complexity index is 2390. The van der Waals surface area contributed by atoms with Gasteiger partial charge in [-0.1, -0.05) is 60.7 Å². The summed E-state index contributed by atoms with van der Waals surface area (Å²) in [6, 6.07) is 42.4. The third kappa shape index (κ3) is 5.30. The van der Waals surface area contributed by atoms with Gasteiger partial charge in [0.2, 0.25) is 0 Å². The fourth-order valence-corrected chi connectivity index (χ4v) is 6.60. The lowest BCUT2D eigenvalue weighted by Gasteiger charge is -2.42. The standard InChI is InChI=1S/C42H25N5O3/c43-24-28-10-16-37(22-30(28)26-45)49-35-18-12-32(13-19-35)42(40-9-5-4-8-39(40)41(48)47(42)34-6-2-1-3-7-34)33-14-20-36(21-15-33)50-38-17-11-29(25-44)31(23-38)27-46/h1-20,22-23,36H,21H2. The Balaban J connectivity index is 1.30. The zero-order valence-corrected chi connectivity index (χ0v) is 26.4. The summed E-state index contributed by atoms with van der Waals surface area (Å²) < 4.78 is 12.3. The van der Waals surface area contributed by atoms with Gasteiger partial charge in [0, 0.05) is 17.7 Å². The van der Waals surface area contributed by atoms with Crippen molar-refractivity contribution in [3.05, 3.63) is 178 Å². The van der Waals surface area contributed by atoms with E-state index < -0.39 is 5.54 Å². The number of nitriles is 4. The van der Waals surface area contributed by atoms with Crippen molar-refractivity contribution in [2.75, 3.05) is 4.90 Å². The first-order valence-electron chi connectivity index (χ1n) is 15.7. The first-order chi connectivity index (χ1) is 24.5. The second-order valence-corrected chi connectivity index (χ2v) is 11.6. The van der Waals surface area contributed by atoms with Crippen molar-refractivity contribution >= 4 is 11.6 Å². The minimum absolute atomic E-state index is 0.136. The van der Waals surface area contributed by atoms with E-state index in [4.69, 9.17) is 9.47 Å². The number of carbonyl (C=O) groups is 1. The molecule has 1 aliphatic heterocycles. The summed E-state index contributed by atoms with van der Waals surface area (Å²) >= 11 is 0. The number of amides is 1. The Kier molecular flexibility index (Phi) is 8.13. The molecular weight excluding hydrogens is 622 g/mol. The maximum Gasteiger partial charge on any atom is 0.260 e. The normalized spacial score (nSPS) is 17.4. The van der Waals surface area contributed by atoms with Crippen LogP contribution in [0.1, 0.15) is 50.2 Å². The van der Waals surface area contributed by atoms with Crippen LogP contribution >= 0.6 is 0 Å². The van der Waals surface area contributed by atoms with E-state index in [1.165, 1.54) is 6.07 Å². The maximum atomic E-state index is 14.4. The van der Waals surface area contributed by atoms with E-state index in [-0.39, 0.29) is 34.3 Å². The van der Waals surface area contributed by atoms with Crippen molar-refractivity contribution in [1.29, 1.82) is 21.0 Å². The van der Waals surface area contributed by atoms with Gasteiger partial charge < -0.3 is 9.47 Å². The number of para-hydroxylation sites is 1. The first-order valence-corrected chi connectivity index (χ1v) is 15.7. The monoisotopic (exact) mass is 647 g/mol. The van der Waals surface area contributed by atoms with Crippen molar-refractivity contribution in [3.63, 3.8) is 0 Å². The quantitative estimate of drug-likeness (QED) is 0.174. The molecule has 5 aromatic carbocycles. The number of ether oxygens (including phenoxy) is 2. The zero-order chi connectivity index (χ0) is 34.7. The summed E-state index contributed by atoms with van der Waals surface area (Å²) in [7, 11) is 0. The molecule has 8 heteroatoms. The molecule has 0 spiro atoms. The van der Waals surface area contributed by atoms with Crippen LogP contribution in [-0.2, 0) is 5.54 Å². The fourth-order valence-electron chi connectivity index (χ4n) is 6.60. The number of nitrogens with zero attached hydrogens (tertiary/aromatic N) is 5. The van der Waals surface area contributed by atoms with Gasteiger partial charge in [-0.2, -0.15) is 21.0 Å². The van der Waals surface area contributed by atoms with Crippen LogP contribution in [0, 0.1) is 45.3 Å². The highest BCUT2D eigenvalue weighted by Crippen LogP contribution is 2.52. The summed E-state index contributed by atoms with van der Waals surface area (Å²) in [6.07, 6.45) is 6.14. The van der Waals surface area contributed by atoms with Crippen LogP contribution in [-0.4, -0.2) is 12.0 Å². The molecule has 0 bridgehead atoms. The lowest BCUT2D eigenvalue weighted by Crippen LogP contribution is -2.46. The van der Waals surface area contributed by atoms with Crippen LogP contribution in [0.3, 0.4) is 0 Å². The van der Waals surface area contributed by atoms with Crippen molar-refractivity contribution < 1.29 is 14.3 Å². The van der Waals surface area contributed by atoms with Gasteiger partial charge in [0.1, 0.15) is 53.2 Å². The number of fused-ring (bicyclic) bond motifs is 1. The highest BCUT2D eigenvalue weighted by atomic mass is 16.5. The molecule has 8 nitrogen and oxygen atoms in total. The number of carbonyl (C=O) groups excluding carboxylic acids is 1. The van der Waals surface area contributed by atoms with Crippen LogP contribution in [0.5, 0.6) is 17.2 Å². The second-order valence-electron chi connectivity index (χ2n) is 11.6. The van der Waals surface area contributed by atoms with Gasteiger partial charge in [-0.25, -0.2) is 0 Å². The van der Waals surface area contributed by atoms with Crippen LogP contribution < -0.4 is 14.4 Å². The fraction of sp³-hybridized carbons (Fsp3) is 0.0714.